The fraction of sp³-hybridized carbons (Fsp3) is 0.320. The van der Waals surface area contributed by atoms with Crippen LogP contribution in [0.25, 0.3) is 10.9 Å². The van der Waals surface area contributed by atoms with Gasteiger partial charge >= 0.3 is 5.97 Å². The van der Waals surface area contributed by atoms with Crippen LogP contribution in [0.4, 0.5) is 0 Å². The number of para-hydroxylation sites is 1. The smallest absolute Gasteiger partial charge is 0.338 e. The molecule has 3 rings (SSSR count). The van der Waals surface area contributed by atoms with Crippen LogP contribution in [0.1, 0.15) is 40.5 Å². The van der Waals surface area contributed by atoms with Crippen molar-refractivity contribution in [3.63, 3.8) is 0 Å². The summed E-state index contributed by atoms with van der Waals surface area (Å²) in [4.78, 5) is 30.6. The molecule has 2 aromatic carbocycles. The first-order chi connectivity index (χ1) is 15.0. The Morgan fingerprint density at radius 3 is 2.61 bits per heavy atom. The van der Waals surface area contributed by atoms with Gasteiger partial charge in [-0.3, -0.25) is 9.78 Å². The maximum Gasteiger partial charge on any atom is 0.338 e. The Labute approximate surface area is 182 Å². The first-order valence-corrected chi connectivity index (χ1v) is 10.3. The number of carbonyl (C=O) groups excluding carboxylic acids is 2. The van der Waals surface area contributed by atoms with E-state index in [4.69, 9.17) is 9.47 Å². The topological polar surface area (TPSA) is 68.7 Å². The van der Waals surface area contributed by atoms with Gasteiger partial charge in [-0.2, -0.15) is 0 Å². The molecular formula is C25H28N2O4. The first-order valence-electron chi connectivity index (χ1n) is 10.3. The van der Waals surface area contributed by atoms with Gasteiger partial charge < -0.3 is 14.4 Å². The summed E-state index contributed by atoms with van der Waals surface area (Å²) in [6, 6.07) is 17.6. The molecule has 0 spiro atoms. The van der Waals surface area contributed by atoms with Crippen LogP contribution in [0, 0.1) is 6.92 Å². The molecule has 0 bridgehead atoms. The van der Waals surface area contributed by atoms with Crippen LogP contribution in [0.15, 0.2) is 54.6 Å². The molecule has 31 heavy (non-hydrogen) atoms. The lowest BCUT2D eigenvalue weighted by molar-refractivity contribution is -0.129. The molecule has 0 aliphatic heterocycles. The number of hydrogen-bond donors (Lipinski definition) is 0. The average molecular weight is 421 g/mol. The number of methoxy groups -OCH3 is 1. The molecule has 6 nitrogen and oxygen atoms in total. The van der Waals surface area contributed by atoms with Gasteiger partial charge in [0.2, 0.25) is 5.91 Å². The number of fused-ring (bicyclic) bond motifs is 1. The van der Waals surface area contributed by atoms with E-state index in [0.717, 1.165) is 27.7 Å². The van der Waals surface area contributed by atoms with Gasteiger partial charge in [-0.05, 0) is 36.6 Å². The Morgan fingerprint density at radius 2 is 1.84 bits per heavy atom. The lowest BCUT2D eigenvalue weighted by Crippen LogP contribution is -2.30. The summed E-state index contributed by atoms with van der Waals surface area (Å²) in [7, 11) is 1.38. The number of nitrogens with zero attached hydrogens (tertiary/aromatic N) is 2. The summed E-state index contributed by atoms with van der Waals surface area (Å²) in [5.74, 6) is -0.357. The maximum atomic E-state index is 12.1. The minimum atomic E-state index is -0.359. The van der Waals surface area contributed by atoms with Gasteiger partial charge in [-0.15, -0.1) is 0 Å². The van der Waals surface area contributed by atoms with Gasteiger partial charge in [0.15, 0.2) is 0 Å². The zero-order chi connectivity index (χ0) is 22.2. The highest BCUT2D eigenvalue weighted by molar-refractivity contribution is 5.92. The van der Waals surface area contributed by atoms with E-state index in [2.05, 4.69) is 4.98 Å². The Bertz CT molecular complexity index is 1060. The molecule has 0 saturated carbocycles. The van der Waals surface area contributed by atoms with Crippen LogP contribution >= 0.6 is 0 Å². The SMILES string of the molecule is COC(=O)c1c(C)cccc1COCCCN(Cc1ccc2ccccc2n1)C(C)=O. The highest BCUT2D eigenvalue weighted by Crippen LogP contribution is 2.17. The number of hydrogen-bond acceptors (Lipinski definition) is 5. The lowest BCUT2D eigenvalue weighted by atomic mass is 10.0. The second kappa shape index (κ2) is 10.7. The molecule has 3 aromatic rings. The van der Waals surface area contributed by atoms with E-state index in [1.165, 1.54) is 7.11 Å². The number of pyridine rings is 1. The number of aryl methyl sites for hydroxylation is 1. The fourth-order valence-corrected chi connectivity index (χ4v) is 3.52. The molecule has 0 aliphatic carbocycles. The Morgan fingerprint density at radius 1 is 1.03 bits per heavy atom. The minimum Gasteiger partial charge on any atom is -0.465 e. The zero-order valence-corrected chi connectivity index (χ0v) is 18.3. The third-order valence-corrected chi connectivity index (χ3v) is 5.18. The van der Waals surface area contributed by atoms with Gasteiger partial charge in [0, 0.05) is 25.5 Å². The van der Waals surface area contributed by atoms with E-state index in [-0.39, 0.29) is 11.9 Å². The average Bonchev–Trinajstić information content (AvgIpc) is 2.77. The van der Waals surface area contributed by atoms with Crippen molar-refractivity contribution < 1.29 is 19.1 Å². The lowest BCUT2D eigenvalue weighted by Gasteiger charge is -2.21. The highest BCUT2D eigenvalue weighted by Gasteiger charge is 2.15. The number of ether oxygens (including phenoxy) is 2. The number of benzene rings is 2. The van der Waals surface area contributed by atoms with E-state index >= 15 is 0 Å². The number of rotatable bonds is 9. The van der Waals surface area contributed by atoms with Crippen molar-refractivity contribution in [3.8, 4) is 0 Å². The summed E-state index contributed by atoms with van der Waals surface area (Å²) in [5, 5.41) is 1.08. The van der Waals surface area contributed by atoms with E-state index in [9.17, 15) is 9.59 Å². The zero-order valence-electron chi connectivity index (χ0n) is 18.3. The minimum absolute atomic E-state index is 0.00150. The molecule has 0 fully saturated rings. The molecule has 6 heteroatoms. The summed E-state index contributed by atoms with van der Waals surface area (Å²) in [5.41, 5.74) is 4.00. The van der Waals surface area contributed by atoms with E-state index < -0.39 is 0 Å². The van der Waals surface area contributed by atoms with Gasteiger partial charge in [0.05, 0.1) is 37.0 Å². The fourth-order valence-electron chi connectivity index (χ4n) is 3.52. The van der Waals surface area contributed by atoms with Crippen LogP contribution < -0.4 is 0 Å². The van der Waals surface area contributed by atoms with Crippen molar-refractivity contribution in [2.45, 2.75) is 33.4 Å². The van der Waals surface area contributed by atoms with Crippen molar-refractivity contribution in [1.82, 2.24) is 9.88 Å². The number of esters is 1. The third kappa shape index (κ3) is 5.89. The van der Waals surface area contributed by atoms with Crippen LogP contribution in [-0.2, 0) is 27.4 Å². The molecular weight excluding hydrogens is 392 g/mol. The van der Waals surface area contributed by atoms with Gasteiger partial charge in [-0.25, -0.2) is 4.79 Å². The predicted octanol–water partition coefficient (Wildman–Crippen LogP) is 4.29. The summed E-state index contributed by atoms with van der Waals surface area (Å²) in [6.07, 6.45) is 0.687. The molecule has 0 N–H and O–H groups in total. The molecule has 0 atom stereocenters. The van der Waals surface area contributed by atoms with E-state index in [1.807, 2.05) is 61.5 Å². The molecule has 0 aliphatic rings. The summed E-state index contributed by atoms with van der Waals surface area (Å²) < 4.78 is 10.7. The second-order valence-corrected chi connectivity index (χ2v) is 7.44. The van der Waals surface area contributed by atoms with Gasteiger partial charge in [0.25, 0.3) is 0 Å². The molecule has 1 amide bonds. The van der Waals surface area contributed by atoms with Gasteiger partial charge in [-0.1, -0.05) is 42.5 Å². The maximum absolute atomic E-state index is 12.1. The Balaban J connectivity index is 1.53. The van der Waals surface area contributed by atoms with Crippen molar-refractivity contribution in [3.05, 3.63) is 77.0 Å². The van der Waals surface area contributed by atoms with Crippen LogP contribution in [0.2, 0.25) is 0 Å². The Kier molecular flexibility index (Phi) is 7.73. The van der Waals surface area contributed by atoms with Crippen LogP contribution in [0.3, 0.4) is 0 Å². The molecule has 0 unspecified atom stereocenters. The number of carbonyl (C=O) groups is 2. The molecule has 162 valence electrons. The van der Waals surface area contributed by atoms with E-state index in [0.29, 0.717) is 38.3 Å². The quantitative estimate of drug-likeness (QED) is 0.382. The summed E-state index contributed by atoms with van der Waals surface area (Å²) >= 11 is 0. The predicted molar refractivity (Wildman–Crippen MR) is 120 cm³/mol. The molecule has 1 heterocycles. The number of aromatic nitrogens is 1. The standard InChI is InChI=1S/C25H28N2O4/c1-18-8-6-10-21(24(18)25(29)30-3)17-31-15-7-14-27(19(2)28)16-22-13-12-20-9-4-5-11-23(20)26-22/h4-6,8-13H,7,14-17H2,1-3H3. The highest BCUT2D eigenvalue weighted by atomic mass is 16.5. The summed E-state index contributed by atoms with van der Waals surface area (Å²) in [6.45, 7) is 5.27. The van der Waals surface area contributed by atoms with Crippen molar-refractivity contribution in [2.75, 3.05) is 20.3 Å². The van der Waals surface area contributed by atoms with Crippen molar-refractivity contribution in [2.24, 2.45) is 0 Å². The monoisotopic (exact) mass is 420 g/mol. The van der Waals surface area contributed by atoms with E-state index in [1.54, 1.807) is 11.8 Å². The van der Waals surface area contributed by atoms with Gasteiger partial charge in [0.1, 0.15) is 0 Å². The van der Waals surface area contributed by atoms with Crippen molar-refractivity contribution in [1.29, 1.82) is 0 Å². The molecule has 1 aromatic heterocycles. The Hall–Kier alpha value is -3.25. The normalized spacial score (nSPS) is 10.8. The largest absolute Gasteiger partial charge is 0.465 e. The second-order valence-electron chi connectivity index (χ2n) is 7.44. The number of amides is 1. The molecule has 0 radical (unpaired) electrons. The first kappa shape index (κ1) is 22.4. The third-order valence-electron chi connectivity index (χ3n) is 5.18. The van der Waals surface area contributed by atoms with Crippen LogP contribution in [0.5, 0.6) is 0 Å². The van der Waals surface area contributed by atoms with Crippen LogP contribution in [-0.4, -0.2) is 42.0 Å². The molecule has 0 saturated heterocycles. The van der Waals surface area contributed by atoms with Crippen molar-refractivity contribution >= 4 is 22.8 Å².